The first kappa shape index (κ1) is 12.9. The lowest BCUT2D eigenvalue weighted by Gasteiger charge is -2.38. The molecule has 0 aliphatic carbocycles. The number of nitrogens with one attached hydrogen (secondary N) is 1. The topological polar surface area (TPSA) is 24.5 Å². The van der Waals surface area contributed by atoms with Gasteiger partial charge in [-0.2, -0.15) is 0 Å². The highest BCUT2D eigenvalue weighted by Gasteiger charge is 2.28. The summed E-state index contributed by atoms with van der Waals surface area (Å²) in [6.07, 6.45) is 2.60. The lowest BCUT2D eigenvalue weighted by molar-refractivity contribution is 0.121. The summed E-state index contributed by atoms with van der Waals surface area (Å²) >= 11 is 0. The second-order valence-electron chi connectivity index (χ2n) is 5.35. The van der Waals surface area contributed by atoms with Crippen molar-refractivity contribution in [2.45, 2.75) is 32.7 Å². The van der Waals surface area contributed by atoms with Crippen LogP contribution in [-0.2, 0) is 4.74 Å². The maximum Gasteiger partial charge on any atom is 0.0613 e. The van der Waals surface area contributed by atoms with E-state index in [4.69, 9.17) is 4.74 Å². The summed E-state index contributed by atoms with van der Waals surface area (Å²) in [6.45, 7) is 8.96. The fourth-order valence-electron chi connectivity index (χ4n) is 2.06. The first-order valence-corrected chi connectivity index (χ1v) is 5.97. The fraction of sp³-hybridized carbons (Fsp3) is 1.00. The molecule has 15 heavy (non-hydrogen) atoms. The van der Waals surface area contributed by atoms with Crippen LogP contribution < -0.4 is 5.32 Å². The molecule has 1 atom stereocenters. The number of piperidine rings is 1. The molecular formula is C12H26N2O. The number of rotatable bonds is 5. The van der Waals surface area contributed by atoms with Crippen molar-refractivity contribution in [1.82, 2.24) is 10.2 Å². The molecule has 0 aromatic heterocycles. The maximum atomic E-state index is 5.12. The minimum absolute atomic E-state index is 0.464. The lowest BCUT2D eigenvalue weighted by atomic mass is 9.80. The molecule has 0 bridgehead atoms. The summed E-state index contributed by atoms with van der Waals surface area (Å²) in [5.74, 6) is 0. The molecular weight excluding hydrogens is 188 g/mol. The minimum Gasteiger partial charge on any atom is -0.383 e. The molecule has 3 heteroatoms. The van der Waals surface area contributed by atoms with Gasteiger partial charge in [-0.1, -0.05) is 6.92 Å². The molecule has 1 saturated heterocycles. The molecule has 1 rings (SSSR count). The third-order valence-corrected chi connectivity index (χ3v) is 3.49. The molecule has 1 aliphatic rings. The molecule has 3 nitrogen and oxygen atoms in total. The van der Waals surface area contributed by atoms with E-state index >= 15 is 0 Å². The van der Waals surface area contributed by atoms with Gasteiger partial charge in [0, 0.05) is 19.7 Å². The zero-order chi connectivity index (χ0) is 11.3. The van der Waals surface area contributed by atoms with Gasteiger partial charge < -0.3 is 15.0 Å². The van der Waals surface area contributed by atoms with E-state index in [2.05, 4.69) is 31.1 Å². The first-order chi connectivity index (χ1) is 7.06. The number of ether oxygens (including phenoxy) is 1. The van der Waals surface area contributed by atoms with Gasteiger partial charge in [0.25, 0.3) is 0 Å². The monoisotopic (exact) mass is 214 g/mol. The second-order valence-corrected chi connectivity index (χ2v) is 5.35. The van der Waals surface area contributed by atoms with E-state index in [1.165, 1.54) is 25.9 Å². The standard InChI is InChI=1S/C12H26N2O/c1-11(9-15-4)13-10-12(2)5-7-14(3)8-6-12/h11,13H,5-10H2,1-4H3. The maximum absolute atomic E-state index is 5.12. The van der Waals surface area contributed by atoms with Gasteiger partial charge in [0.2, 0.25) is 0 Å². The summed E-state index contributed by atoms with van der Waals surface area (Å²) in [6, 6.07) is 0.464. The molecule has 0 aromatic rings. The molecule has 0 saturated carbocycles. The number of nitrogens with zero attached hydrogens (tertiary/aromatic N) is 1. The summed E-state index contributed by atoms with van der Waals surface area (Å²) in [5, 5.41) is 3.57. The third-order valence-electron chi connectivity index (χ3n) is 3.49. The van der Waals surface area contributed by atoms with Crippen molar-refractivity contribution in [1.29, 1.82) is 0 Å². The highest BCUT2D eigenvalue weighted by molar-refractivity contribution is 4.83. The van der Waals surface area contributed by atoms with E-state index in [9.17, 15) is 0 Å². The van der Waals surface area contributed by atoms with E-state index in [0.717, 1.165) is 13.2 Å². The van der Waals surface area contributed by atoms with Gasteiger partial charge in [-0.05, 0) is 45.3 Å². The Labute approximate surface area is 94.2 Å². The average Bonchev–Trinajstić information content (AvgIpc) is 2.21. The van der Waals surface area contributed by atoms with Crippen molar-refractivity contribution < 1.29 is 4.74 Å². The van der Waals surface area contributed by atoms with Crippen LogP contribution in [0.4, 0.5) is 0 Å². The third kappa shape index (κ3) is 4.49. The highest BCUT2D eigenvalue weighted by Crippen LogP contribution is 2.29. The molecule has 1 unspecified atom stereocenters. The van der Waals surface area contributed by atoms with Gasteiger partial charge >= 0.3 is 0 Å². The van der Waals surface area contributed by atoms with Crippen LogP contribution in [0, 0.1) is 5.41 Å². The molecule has 0 aromatic carbocycles. The van der Waals surface area contributed by atoms with Crippen LogP contribution in [0.1, 0.15) is 26.7 Å². The van der Waals surface area contributed by atoms with Gasteiger partial charge in [0.1, 0.15) is 0 Å². The van der Waals surface area contributed by atoms with Crippen molar-refractivity contribution in [3.8, 4) is 0 Å². The zero-order valence-electron chi connectivity index (χ0n) is 10.7. The first-order valence-electron chi connectivity index (χ1n) is 5.97. The molecule has 0 radical (unpaired) electrons. The Morgan fingerprint density at radius 1 is 1.40 bits per heavy atom. The number of methoxy groups -OCH3 is 1. The SMILES string of the molecule is COCC(C)NCC1(C)CCN(C)CC1. The molecule has 1 fully saturated rings. The summed E-state index contributed by atoms with van der Waals surface area (Å²) in [7, 11) is 3.97. The molecule has 90 valence electrons. The highest BCUT2D eigenvalue weighted by atomic mass is 16.5. The van der Waals surface area contributed by atoms with Crippen LogP contribution in [0.2, 0.25) is 0 Å². The second kappa shape index (κ2) is 5.83. The molecule has 0 spiro atoms. The molecule has 1 aliphatic heterocycles. The summed E-state index contributed by atoms with van der Waals surface area (Å²) in [5.41, 5.74) is 0.481. The number of hydrogen-bond acceptors (Lipinski definition) is 3. The van der Waals surface area contributed by atoms with Gasteiger partial charge in [0.05, 0.1) is 6.61 Å². The number of likely N-dealkylation sites (tertiary alicyclic amines) is 1. The lowest BCUT2D eigenvalue weighted by Crippen LogP contribution is -2.44. The van der Waals surface area contributed by atoms with Crippen LogP contribution in [0.15, 0.2) is 0 Å². The molecule has 0 amide bonds. The van der Waals surface area contributed by atoms with E-state index in [1.54, 1.807) is 7.11 Å². The largest absolute Gasteiger partial charge is 0.383 e. The van der Waals surface area contributed by atoms with E-state index in [0.29, 0.717) is 11.5 Å². The molecule has 1 heterocycles. The van der Waals surface area contributed by atoms with Gasteiger partial charge in [0.15, 0.2) is 0 Å². The quantitative estimate of drug-likeness (QED) is 0.747. The van der Waals surface area contributed by atoms with Crippen molar-refractivity contribution in [2.75, 3.05) is 40.4 Å². The van der Waals surface area contributed by atoms with Crippen molar-refractivity contribution in [3.63, 3.8) is 0 Å². The zero-order valence-corrected chi connectivity index (χ0v) is 10.7. The van der Waals surface area contributed by atoms with Gasteiger partial charge in [-0.15, -0.1) is 0 Å². The van der Waals surface area contributed by atoms with Crippen molar-refractivity contribution in [2.24, 2.45) is 5.41 Å². The summed E-state index contributed by atoms with van der Waals surface area (Å²) in [4.78, 5) is 2.42. The normalized spacial score (nSPS) is 24.0. The van der Waals surface area contributed by atoms with E-state index in [-0.39, 0.29) is 0 Å². The van der Waals surface area contributed by atoms with Gasteiger partial charge in [-0.25, -0.2) is 0 Å². The molecule has 1 N–H and O–H groups in total. The van der Waals surface area contributed by atoms with Crippen molar-refractivity contribution in [3.05, 3.63) is 0 Å². The van der Waals surface area contributed by atoms with Gasteiger partial charge in [-0.3, -0.25) is 0 Å². The minimum atomic E-state index is 0.464. The van der Waals surface area contributed by atoms with Crippen LogP contribution in [-0.4, -0.2) is 51.3 Å². The van der Waals surface area contributed by atoms with Crippen LogP contribution in [0.25, 0.3) is 0 Å². The Kier molecular flexibility index (Phi) is 5.03. The predicted molar refractivity (Wildman–Crippen MR) is 64.2 cm³/mol. The van der Waals surface area contributed by atoms with E-state index < -0.39 is 0 Å². The average molecular weight is 214 g/mol. The Morgan fingerprint density at radius 3 is 2.53 bits per heavy atom. The summed E-state index contributed by atoms with van der Waals surface area (Å²) < 4.78 is 5.12. The van der Waals surface area contributed by atoms with Crippen molar-refractivity contribution >= 4 is 0 Å². The van der Waals surface area contributed by atoms with E-state index in [1.807, 2.05) is 0 Å². The van der Waals surface area contributed by atoms with Crippen LogP contribution in [0.3, 0.4) is 0 Å². The number of hydrogen-bond donors (Lipinski definition) is 1. The Morgan fingerprint density at radius 2 is 2.00 bits per heavy atom. The van der Waals surface area contributed by atoms with Crippen LogP contribution >= 0.6 is 0 Å². The van der Waals surface area contributed by atoms with Crippen LogP contribution in [0.5, 0.6) is 0 Å². The Bertz CT molecular complexity index is 176. The predicted octanol–water partition coefficient (Wildman–Crippen LogP) is 1.34. The Hall–Kier alpha value is -0.120. The Balaban J connectivity index is 2.24. The fourth-order valence-corrected chi connectivity index (χ4v) is 2.06. The smallest absolute Gasteiger partial charge is 0.0613 e.